The number of nitrogens with zero attached hydrogens (tertiary/aromatic N) is 1. The first-order valence-corrected chi connectivity index (χ1v) is 9.95. The van der Waals surface area contributed by atoms with Gasteiger partial charge in [-0.2, -0.15) is 0 Å². The lowest BCUT2D eigenvalue weighted by molar-refractivity contribution is -0.153. The van der Waals surface area contributed by atoms with Crippen molar-refractivity contribution in [2.75, 3.05) is 25.1 Å². The fraction of sp³-hybridized carbons (Fsp3) is 0.619. The van der Waals surface area contributed by atoms with Crippen molar-refractivity contribution >= 4 is 17.6 Å². The summed E-state index contributed by atoms with van der Waals surface area (Å²) < 4.78 is 5.43. The maximum absolute atomic E-state index is 12.6. The fourth-order valence-corrected chi connectivity index (χ4v) is 4.45. The van der Waals surface area contributed by atoms with Crippen molar-refractivity contribution in [3.8, 4) is 5.75 Å². The first-order valence-electron chi connectivity index (χ1n) is 9.95. The Morgan fingerprint density at radius 3 is 2.59 bits per heavy atom. The van der Waals surface area contributed by atoms with Crippen molar-refractivity contribution in [2.45, 2.75) is 57.4 Å². The predicted molar refractivity (Wildman–Crippen MR) is 104 cm³/mol. The molecule has 0 radical (unpaired) electrons. The predicted octanol–water partition coefficient (Wildman–Crippen LogP) is 3.21. The van der Waals surface area contributed by atoms with Gasteiger partial charge in [0.25, 0.3) is 0 Å². The van der Waals surface area contributed by atoms with Crippen LogP contribution in [0.5, 0.6) is 5.75 Å². The van der Waals surface area contributed by atoms with Gasteiger partial charge in [-0.1, -0.05) is 37.8 Å². The van der Waals surface area contributed by atoms with Crippen LogP contribution in [-0.2, 0) is 9.59 Å². The van der Waals surface area contributed by atoms with E-state index in [9.17, 15) is 14.7 Å². The number of aliphatic carboxylic acids is 1. The van der Waals surface area contributed by atoms with Crippen LogP contribution in [0.25, 0.3) is 0 Å². The van der Waals surface area contributed by atoms with Crippen LogP contribution in [0, 0.1) is 5.41 Å². The molecule has 2 fully saturated rings. The first kappa shape index (κ1) is 19.5. The van der Waals surface area contributed by atoms with Gasteiger partial charge in [-0.15, -0.1) is 0 Å². The quantitative estimate of drug-likeness (QED) is 0.748. The molecule has 3 rings (SSSR count). The number of rotatable bonds is 6. The van der Waals surface area contributed by atoms with E-state index in [0.29, 0.717) is 19.4 Å². The zero-order valence-corrected chi connectivity index (χ0v) is 16.1. The SMILES string of the molecule is COc1ccccc1N1CCC(NC(=O)CC2(C(=O)O)CCCCCC2)C1. The second-order valence-corrected chi connectivity index (χ2v) is 7.85. The molecule has 1 saturated carbocycles. The molecule has 2 aliphatic rings. The number of carboxylic acids is 1. The van der Waals surface area contributed by atoms with Gasteiger partial charge in [0.1, 0.15) is 5.75 Å². The van der Waals surface area contributed by atoms with Crippen molar-refractivity contribution in [3.63, 3.8) is 0 Å². The third kappa shape index (κ3) is 4.54. The molecular weight excluding hydrogens is 344 g/mol. The number of nitrogens with one attached hydrogen (secondary N) is 1. The zero-order valence-electron chi connectivity index (χ0n) is 16.1. The average molecular weight is 374 g/mol. The Labute approximate surface area is 160 Å². The van der Waals surface area contributed by atoms with E-state index in [-0.39, 0.29) is 18.4 Å². The van der Waals surface area contributed by atoms with Gasteiger partial charge in [0.2, 0.25) is 5.91 Å². The topological polar surface area (TPSA) is 78.9 Å². The normalized spacial score (nSPS) is 22.1. The van der Waals surface area contributed by atoms with Crippen LogP contribution in [-0.4, -0.2) is 43.2 Å². The summed E-state index contributed by atoms with van der Waals surface area (Å²) in [6.45, 7) is 1.56. The van der Waals surface area contributed by atoms with Gasteiger partial charge in [0.05, 0.1) is 18.2 Å². The van der Waals surface area contributed by atoms with E-state index in [1.165, 1.54) is 0 Å². The number of hydrogen-bond donors (Lipinski definition) is 2. The number of carboxylic acid groups (broad SMARTS) is 1. The molecule has 27 heavy (non-hydrogen) atoms. The highest BCUT2D eigenvalue weighted by molar-refractivity contribution is 5.85. The molecule has 1 aromatic carbocycles. The minimum absolute atomic E-state index is 0.0408. The number of carbonyl (C=O) groups is 2. The molecule has 1 atom stereocenters. The molecule has 148 valence electrons. The Bertz CT molecular complexity index is 668. The van der Waals surface area contributed by atoms with Crippen molar-refractivity contribution < 1.29 is 19.4 Å². The fourth-order valence-electron chi connectivity index (χ4n) is 4.45. The number of ether oxygens (including phenoxy) is 1. The van der Waals surface area contributed by atoms with Gasteiger partial charge < -0.3 is 20.1 Å². The first-order chi connectivity index (χ1) is 13.0. The molecule has 6 nitrogen and oxygen atoms in total. The Morgan fingerprint density at radius 2 is 1.93 bits per heavy atom. The number of hydrogen-bond acceptors (Lipinski definition) is 4. The lowest BCUT2D eigenvalue weighted by Gasteiger charge is -2.28. The van der Waals surface area contributed by atoms with Crippen LogP contribution < -0.4 is 15.0 Å². The van der Waals surface area contributed by atoms with Crippen molar-refractivity contribution in [1.82, 2.24) is 5.32 Å². The maximum Gasteiger partial charge on any atom is 0.310 e. The van der Waals surface area contributed by atoms with E-state index in [2.05, 4.69) is 10.2 Å². The average Bonchev–Trinajstić information content (AvgIpc) is 2.98. The van der Waals surface area contributed by atoms with Crippen LogP contribution in [0.3, 0.4) is 0 Å². The molecule has 1 heterocycles. The Hall–Kier alpha value is -2.24. The van der Waals surface area contributed by atoms with E-state index in [4.69, 9.17) is 4.74 Å². The summed E-state index contributed by atoms with van der Waals surface area (Å²) in [6.07, 6.45) is 6.06. The summed E-state index contributed by atoms with van der Waals surface area (Å²) >= 11 is 0. The Kier molecular flexibility index (Phi) is 6.24. The van der Waals surface area contributed by atoms with Crippen molar-refractivity contribution in [1.29, 1.82) is 0 Å². The number of amides is 1. The molecule has 0 spiro atoms. The Balaban J connectivity index is 1.59. The highest BCUT2D eigenvalue weighted by Gasteiger charge is 2.41. The second-order valence-electron chi connectivity index (χ2n) is 7.85. The largest absolute Gasteiger partial charge is 0.495 e. The highest BCUT2D eigenvalue weighted by atomic mass is 16.5. The molecule has 0 bridgehead atoms. The number of para-hydroxylation sites is 2. The molecule has 1 aromatic rings. The highest BCUT2D eigenvalue weighted by Crippen LogP contribution is 2.38. The summed E-state index contributed by atoms with van der Waals surface area (Å²) in [6, 6.07) is 7.92. The summed E-state index contributed by atoms with van der Waals surface area (Å²) in [4.78, 5) is 26.8. The summed E-state index contributed by atoms with van der Waals surface area (Å²) in [5, 5.41) is 12.8. The van der Waals surface area contributed by atoms with Gasteiger partial charge in [-0.25, -0.2) is 0 Å². The van der Waals surface area contributed by atoms with Crippen LogP contribution in [0.4, 0.5) is 5.69 Å². The van der Waals surface area contributed by atoms with Gasteiger partial charge in [0.15, 0.2) is 0 Å². The van der Waals surface area contributed by atoms with E-state index in [1.54, 1.807) is 7.11 Å². The van der Waals surface area contributed by atoms with Gasteiger partial charge >= 0.3 is 5.97 Å². The number of anilines is 1. The van der Waals surface area contributed by atoms with Crippen molar-refractivity contribution in [3.05, 3.63) is 24.3 Å². The molecule has 1 unspecified atom stereocenters. The molecule has 1 aliphatic heterocycles. The van der Waals surface area contributed by atoms with Crippen LogP contribution in [0.2, 0.25) is 0 Å². The van der Waals surface area contributed by atoms with Gasteiger partial charge in [-0.05, 0) is 31.4 Å². The zero-order chi connectivity index (χ0) is 19.3. The summed E-state index contributed by atoms with van der Waals surface area (Å²) in [5.41, 5.74) is 0.143. The van der Waals surface area contributed by atoms with Crippen LogP contribution in [0.1, 0.15) is 51.4 Å². The summed E-state index contributed by atoms with van der Waals surface area (Å²) in [7, 11) is 1.66. The third-order valence-corrected chi connectivity index (χ3v) is 5.99. The maximum atomic E-state index is 12.6. The minimum Gasteiger partial charge on any atom is -0.495 e. The van der Waals surface area contributed by atoms with Crippen LogP contribution in [0.15, 0.2) is 24.3 Å². The molecular formula is C21H30N2O4. The second kappa shape index (κ2) is 8.63. The standard InChI is InChI=1S/C21H30N2O4/c1-27-18-9-5-4-8-17(18)23-13-10-16(15-23)22-19(24)14-21(20(25)26)11-6-2-3-7-12-21/h4-5,8-9,16H,2-3,6-7,10-15H2,1H3,(H,22,24)(H,25,26). The van der Waals surface area contributed by atoms with E-state index < -0.39 is 11.4 Å². The third-order valence-electron chi connectivity index (χ3n) is 5.99. The molecule has 1 aliphatic carbocycles. The van der Waals surface area contributed by atoms with E-state index in [0.717, 1.165) is 50.1 Å². The molecule has 1 amide bonds. The molecule has 2 N–H and O–H groups in total. The van der Waals surface area contributed by atoms with Crippen molar-refractivity contribution in [2.24, 2.45) is 5.41 Å². The Morgan fingerprint density at radius 1 is 1.22 bits per heavy atom. The lowest BCUT2D eigenvalue weighted by Crippen LogP contribution is -2.42. The molecule has 0 aromatic heterocycles. The number of methoxy groups -OCH3 is 1. The van der Waals surface area contributed by atoms with E-state index in [1.807, 2.05) is 24.3 Å². The number of carbonyl (C=O) groups excluding carboxylic acids is 1. The lowest BCUT2D eigenvalue weighted by atomic mass is 9.77. The minimum atomic E-state index is -0.887. The van der Waals surface area contributed by atoms with Crippen LogP contribution >= 0.6 is 0 Å². The molecule has 6 heteroatoms. The molecule has 1 saturated heterocycles. The number of benzene rings is 1. The van der Waals surface area contributed by atoms with E-state index >= 15 is 0 Å². The summed E-state index contributed by atoms with van der Waals surface area (Å²) in [5.74, 6) is -0.124. The van der Waals surface area contributed by atoms with Gasteiger partial charge in [-0.3, -0.25) is 9.59 Å². The smallest absolute Gasteiger partial charge is 0.310 e. The monoisotopic (exact) mass is 374 g/mol. The van der Waals surface area contributed by atoms with Gasteiger partial charge in [0, 0.05) is 25.6 Å².